The molecule has 162 valence electrons. The number of nitrogens with zero attached hydrogens (tertiary/aromatic N) is 3. The molecule has 0 aliphatic heterocycles. The van der Waals surface area contributed by atoms with Gasteiger partial charge in [0.2, 0.25) is 0 Å². The molecular weight excluding hydrogens is 501 g/mol. The summed E-state index contributed by atoms with van der Waals surface area (Å²) in [5.74, 6) is 2.35. The van der Waals surface area contributed by atoms with Crippen LogP contribution in [0.2, 0.25) is 0 Å². The van der Waals surface area contributed by atoms with Gasteiger partial charge in [-0.3, -0.25) is 4.99 Å². The number of anilines is 1. The number of methoxy groups -OCH3 is 1. The van der Waals surface area contributed by atoms with Gasteiger partial charge in [0.15, 0.2) is 22.6 Å². The van der Waals surface area contributed by atoms with Crippen molar-refractivity contribution in [2.45, 2.75) is 26.3 Å². The number of benzene rings is 1. The average molecular weight is 533 g/mol. The fourth-order valence-corrected chi connectivity index (χ4v) is 3.38. The van der Waals surface area contributed by atoms with Crippen LogP contribution in [0.5, 0.6) is 11.5 Å². The molecule has 1 heterocycles. The number of hydrogen-bond donors (Lipinski definition) is 2. The van der Waals surface area contributed by atoms with E-state index in [1.54, 1.807) is 25.5 Å². The topological polar surface area (TPSA) is 71.0 Å². The van der Waals surface area contributed by atoms with Crippen LogP contribution in [0.25, 0.3) is 0 Å². The molecule has 0 amide bonds. The SMILES string of the molecule is CCOc1cc(CCCNC(=NC)NCc2csc(N(C)C)n2)ccc1OC.I. The lowest BCUT2D eigenvalue weighted by molar-refractivity contribution is 0.310. The van der Waals surface area contributed by atoms with E-state index < -0.39 is 0 Å². The molecule has 0 aliphatic carbocycles. The molecule has 2 aromatic rings. The maximum atomic E-state index is 5.64. The van der Waals surface area contributed by atoms with Crippen molar-refractivity contribution in [3.8, 4) is 11.5 Å². The molecule has 0 radical (unpaired) electrons. The average Bonchev–Trinajstić information content (AvgIpc) is 3.17. The summed E-state index contributed by atoms with van der Waals surface area (Å²) in [4.78, 5) is 10.9. The lowest BCUT2D eigenvalue weighted by atomic mass is 10.1. The molecule has 0 atom stereocenters. The van der Waals surface area contributed by atoms with Gasteiger partial charge in [0.1, 0.15) is 0 Å². The van der Waals surface area contributed by atoms with Crippen molar-refractivity contribution in [1.82, 2.24) is 15.6 Å². The highest BCUT2D eigenvalue weighted by molar-refractivity contribution is 14.0. The Balaban J connectivity index is 0.00000420. The Hall–Kier alpha value is -1.75. The van der Waals surface area contributed by atoms with Gasteiger partial charge in [0, 0.05) is 33.1 Å². The van der Waals surface area contributed by atoms with Crippen LogP contribution in [0.15, 0.2) is 28.6 Å². The summed E-state index contributed by atoms with van der Waals surface area (Å²) >= 11 is 1.64. The lowest BCUT2D eigenvalue weighted by Crippen LogP contribution is -2.37. The second kappa shape index (κ2) is 13.5. The minimum atomic E-state index is 0. The molecule has 2 N–H and O–H groups in total. The Kier molecular flexibility index (Phi) is 11.7. The Bertz CT molecular complexity index is 767. The third-order valence-corrected chi connectivity index (χ3v) is 5.10. The van der Waals surface area contributed by atoms with Gasteiger partial charge in [-0.15, -0.1) is 35.3 Å². The zero-order valence-corrected chi connectivity index (χ0v) is 21.0. The van der Waals surface area contributed by atoms with Crippen LogP contribution in [0.4, 0.5) is 5.13 Å². The van der Waals surface area contributed by atoms with Crippen molar-refractivity contribution < 1.29 is 9.47 Å². The minimum absolute atomic E-state index is 0. The minimum Gasteiger partial charge on any atom is -0.493 e. The van der Waals surface area contributed by atoms with Gasteiger partial charge in [-0.1, -0.05) is 6.07 Å². The Morgan fingerprint density at radius 1 is 1.24 bits per heavy atom. The number of halogens is 1. The monoisotopic (exact) mass is 533 g/mol. The first-order valence-corrected chi connectivity index (χ1v) is 10.3. The molecule has 29 heavy (non-hydrogen) atoms. The van der Waals surface area contributed by atoms with Crippen molar-refractivity contribution in [2.24, 2.45) is 4.99 Å². The molecule has 0 unspecified atom stereocenters. The van der Waals surface area contributed by atoms with Crippen LogP contribution >= 0.6 is 35.3 Å². The van der Waals surface area contributed by atoms with Crippen LogP contribution in [0.1, 0.15) is 24.6 Å². The maximum absolute atomic E-state index is 5.64. The maximum Gasteiger partial charge on any atom is 0.191 e. The predicted octanol–water partition coefficient (Wildman–Crippen LogP) is 3.53. The number of aromatic nitrogens is 1. The molecular formula is C20H32IN5O2S. The molecule has 0 fully saturated rings. The van der Waals surface area contributed by atoms with Gasteiger partial charge >= 0.3 is 0 Å². The first kappa shape index (κ1) is 25.3. The molecule has 2 rings (SSSR count). The van der Waals surface area contributed by atoms with Crippen molar-refractivity contribution in [3.05, 3.63) is 34.8 Å². The summed E-state index contributed by atoms with van der Waals surface area (Å²) in [7, 11) is 7.43. The third-order valence-electron chi connectivity index (χ3n) is 4.05. The summed E-state index contributed by atoms with van der Waals surface area (Å²) in [6.45, 7) is 4.08. The van der Waals surface area contributed by atoms with E-state index in [2.05, 4.69) is 38.1 Å². The largest absolute Gasteiger partial charge is 0.493 e. The highest BCUT2D eigenvalue weighted by Gasteiger charge is 2.06. The fourth-order valence-electron chi connectivity index (χ4n) is 2.62. The Morgan fingerprint density at radius 3 is 2.66 bits per heavy atom. The van der Waals surface area contributed by atoms with Gasteiger partial charge in [-0.25, -0.2) is 4.98 Å². The quantitative estimate of drug-likeness (QED) is 0.211. The predicted molar refractivity (Wildman–Crippen MR) is 133 cm³/mol. The van der Waals surface area contributed by atoms with Crippen molar-refractivity contribution in [3.63, 3.8) is 0 Å². The van der Waals surface area contributed by atoms with Gasteiger partial charge in [-0.05, 0) is 37.5 Å². The van der Waals surface area contributed by atoms with Gasteiger partial charge in [0.25, 0.3) is 0 Å². The number of hydrogen-bond acceptors (Lipinski definition) is 6. The summed E-state index contributed by atoms with van der Waals surface area (Å²) in [6.07, 6.45) is 1.94. The summed E-state index contributed by atoms with van der Waals surface area (Å²) < 4.78 is 11.0. The molecule has 1 aromatic heterocycles. The second-order valence-corrected chi connectivity index (χ2v) is 7.23. The molecule has 0 saturated heterocycles. The van der Waals surface area contributed by atoms with Gasteiger partial charge < -0.3 is 25.0 Å². The summed E-state index contributed by atoms with van der Waals surface area (Å²) in [6, 6.07) is 6.10. The highest BCUT2D eigenvalue weighted by atomic mass is 127. The Morgan fingerprint density at radius 2 is 2.03 bits per heavy atom. The first-order chi connectivity index (χ1) is 13.6. The zero-order chi connectivity index (χ0) is 20.4. The molecule has 1 aromatic carbocycles. The van der Waals surface area contributed by atoms with Crippen LogP contribution in [0, 0.1) is 0 Å². The lowest BCUT2D eigenvalue weighted by Gasteiger charge is -2.12. The fraction of sp³-hybridized carbons (Fsp3) is 0.500. The van der Waals surface area contributed by atoms with Crippen molar-refractivity contribution in [1.29, 1.82) is 0 Å². The van der Waals surface area contributed by atoms with Crippen molar-refractivity contribution >= 4 is 46.4 Å². The normalized spacial score (nSPS) is 10.9. The smallest absolute Gasteiger partial charge is 0.191 e. The first-order valence-electron chi connectivity index (χ1n) is 9.43. The standard InChI is InChI=1S/C20H31N5O2S.HI/c1-6-27-18-12-15(9-10-17(18)26-5)8-7-11-22-19(21-2)23-13-16-14-28-20(24-16)25(3)4;/h9-10,12,14H,6-8,11,13H2,1-5H3,(H2,21,22,23);1H. The summed E-state index contributed by atoms with van der Waals surface area (Å²) in [5, 5.41) is 9.73. The summed E-state index contributed by atoms with van der Waals surface area (Å²) in [5.41, 5.74) is 2.24. The number of aliphatic imine (C=N–C) groups is 1. The number of aryl methyl sites for hydroxylation is 1. The molecule has 0 bridgehead atoms. The van der Waals surface area contributed by atoms with E-state index in [0.29, 0.717) is 13.2 Å². The number of nitrogens with one attached hydrogen (secondary N) is 2. The van der Waals surface area contributed by atoms with E-state index in [1.165, 1.54) is 5.56 Å². The van der Waals surface area contributed by atoms with Crippen LogP contribution in [-0.4, -0.2) is 52.3 Å². The molecule has 9 heteroatoms. The molecule has 0 spiro atoms. The van der Waals surface area contributed by atoms with E-state index in [-0.39, 0.29) is 24.0 Å². The zero-order valence-electron chi connectivity index (χ0n) is 17.8. The number of rotatable bonds is 10. The van der Waals surface area contributed by atoms with Crippen molar-refractivity contribution in [2.75, 3.05) is 46.3 Å². The number of ether oxygens (including phenoxy) is 2. The Labute approximate surface area is 194 Å². The number of guanidine groups is 1. The van der Waals surface area contributed by atoms with E-state index in [0.717, 1.165) is 47.7 Å². The number of thiazole rings is 1. The molecule has 7 nitrogen and oxygen atoms in total. The van der Waals surface area contributed by atoms with Crippen LogP contribution in [-0.2, 0) is 13.0 Å². The van der Waals surface area contributed by atoms with E-state index in [1.807, 2.05) is 32.0 Å². The van der Waals surface area contributed by atoms with Gasteiger partial charge in [-0.2, -0.15) is 0 Å². The van der Waals surface area contributed by atoms with E-state index >= 15 is 0 Å². The third kappa shape index (κ3) is 8.25. The van der Waals surface area contributed by atoms with E-state index in [4.69, 9.17) is 9.47 Å². The highest BCUT2D eigenvalue weighted by Crippen LogP contribution is 2.28. The molecule has 0 aliphatic rings. The van der Waals surface area contributed by atoms with Crippen LogP contribution in [0.3, 0.4) is 0 Å². The molecule has 0 saturated carbocycles. The second-order valence-electron chi connectivity index (χ2n) is 6.39. The van der Waals surface area contributed by atoms with Gasteiger partial charge in [0.05, 0.1) is 26.0 Å². The van der Waals surface area contributed by atoms with E-state index in [9.17, 15) is 0 Å². The van der Waals surface area contributed by atoms with Crippen LogP contribution < -0.4 is 25.0 Å².